The summed E-state index contributed by atoms with van der Waals surface area (Å²) < 4.78 is 39.5. The van der Waals surface area contributed by atoms with Crippen molar-refractivity contribution in [2.75, 3.05) is 18.4 Å². The first-order chi connectivity index (χ1) is 17.2. The minimum absolute atomic E-state index is 0.0674. The van der Waals surface area contributed by atoms with Crippen LogP contribution >= 0.6 is 11.3 Å². The van der Waals surface area contributed by atoms with Gasteiger partial charge in [-0.05, 0) is 30.3 Å². The van der Waals surface area contributed by atoms with E-state index in [4.69, 9.17) is 0 Å². The number of benzene rings is 2. The Bertz CT molecular complexity index is 1400. The molecule has 0 unspecified atom stereocenters. The molecule has 0 aliphatic rings. The van der Waals surface area contributed by atoms with Gasteiger partial charge < -0.3 is 16.0 Å². The van der Waals surface area contributed by atoms with Crippen molar-refractivity contribution in [3.05, 3.63) is 76.4 Å². The lowest BCUT2D eigenvalue weighted by molar-refractivity contribution is -0.137. The van der Waals surface area contributed by atoms with Gasteiger partial charge in [0.15, 0.2) is 5.01 Å². The SMILES string of the molecule is O=C(Cn1cc2cc(NC(=O)c3csc(C(F)(F)F)n3)ccc2n1)NCCNC(=O)c1ccccc1. The van der Waals surface area contributed by atoms with Crippen molar-refractivity contribution in [2.45, 2.75) is 12.7 Å². The van der Waals surface area contributed by atoms with Gasteiger partial charge >= 0.3 is 6.18 Å². The minimum Gasteiger partial charge on any atom is -0.353 e. The number of nitrogens with zero attached hydrogens (tertiary/aromatic N) is 3. The first-order valence-electron chi connectivity index (χ1n) is 10.6. The molecule has 3 N–H and O–H groups in total. The van der Waals surface area contributed by atoms with Crippen LogP contribution in [0.4, 0.5) is 18.9 Å². The number of halogens is 3. The number of amides is 3. The van der Waals surface area contributed by atoms with Gasteiger partial charge in [-0.25, -0.2) is 4.98 Å². The Kier molecular flexibility index (Phi) is 7.29. The Balaban J connectivity index is 1.28. The Hall–Kier alpha value is -4.26. The fraction of sp³-hybridized carbons (Fsp3) is 0.174. The Morgan fingerprint density at radius 2 is 1.72 bits per heavy atom. The number of rotatable bonds is 8. The number of carbonyl (C=O) groups is 3. The molecule has 2 aromatic carbocycles. The fourth-order valence-electron chi connectivity index (χ4n) is 3.21. The lowest BCUT2D eigenvalue weighted by atomic mass is 10.2. The van der Waals surface area contributed by atoms with Gasteiger partial charge in [0.05, 0.1) is 5.52 Å². The topological polar surface area (TPSA) is 118 Å². The zero-order chi connectivity index (χ0) is 25.7. The van der Waals surface area contributed by atoms with Crippen molar-refractivity contribution >= 4 is 45.6 Å². The molecule has 36 heavy (non-hydrogen) atoms. The van der Waals surface area contributed by atoms with Crippen LogP contribution in [0.5, 0.6) is 0 Å². The van der Waals surface area contributed by atoms with E-state index in [2.05, 4.69) is 26.0 Å². The normalized spacial score (nSPS) is 11.3. The van der Waals surface area contributed by atoms with Gasteiger partial charge in [0, 0.05) is 41.3 Å². The molecule has 0 saturated carbocycles. The van der Waals surface area contributed by atoms with Crippen LogP contribution in [0.25, 0.3) is 10.9 Å². The van der Waals surface area contributed by atoms with Crippen molar-refractivity contribution in [1.82, 2.24) is 25.4 Å². The van der Waals surface area contributed by atoms with Crippen molar-refractivity contribution in [3.63, 3.8) is 0 Å². The molecule has 0 radical (unpaired) electrons. The number of hydrogen-bond donors (Lipinski definition) is 3. The lowest BCUT2D eigenvalue weighted by Crippen LogP contribution is -2.36. The zero-order valence-corrected chi connectivity index (χ0v) is 19.3. The second kappa shape index (κ2) is 10.6. The zero-order valence-electron chi connectivity index (χ0n) is 18.5. The van der Waals surface area contributed by atoms with Crippen molar-refractivity contribution in [3.8, 4) is 0 Å². The van der Waals surface area contributed by atoms with Gasteiger partial charge in [-0.3, -0.25) is 19.1 Å². The summed E-state index contributed by atoms with van der Waals surface area (Å²) in [5.74, 6) is -1.32. The van der Waals surface area contributed by atoms with Crippen LogP contribution in [0.1, 0.15) is 25.9 Å². The highest BCUT2D eigenvalue weighted by Gasteiger charge is 2.35. The van der Waals surface area contributed by atoms with E-state index >= 15 is 0 Å². The molecule has 0 saturated heterocycles. The van der Waals surface area contributed by atoms with Crippen LogP contribution in [0.3, 0.4) is 0 Å². The molecule has 13 heteroatoms. The number of hydrogen-bond acceptors (Lipinski definition) is 6. The van der Waals surface area contributed by atoms with Gasteiger partial charge in [-0.15, -0.1) is 11.3 Å². The number of anilines is 1. The first-order valence-corrected chi connectivity index (χ1v) is 11.5. The number of aromatic nitrogens is 3. The van der Waals surface area contributed by atoms with Gasteiger partial charge in [0.2, 0.25) is 5.91 Å². The number of thiazole rings is 1. The summed E-state index contributed by atoms with van der Waals surface area (Å²) in [5.41, 5.74) is 1.09. The summed E-state index contributed by atoms with van der Waals surface area (Å²) in [6.45, 7) is 0.427. The molecule has 9 nitrogen and oxygen atoms in total. The molecule has 186 valence electrons. The van der Waals surface area contributed by atoms with Crippen LogP contribution in [0, 0.1) is 0 Å². The van der Waals surface area contributed by atoms with Gasteiger partial charge in [-0.1, -0.05) is 18.2 Å². The molecule has 0 bridgehead atoms. The summed E-state index contributed by atoms with van der Waals surface area (Å²) in [6, 6.07) is 13.5. The van der Waals surface area contributed by atoms with Crippen LogP contribution < -0.4 is 16.0 Å². The summed E-state index contributed by atoms with van der Waals surface area (Å²) in [7, 11) is 0. The van der Waals surface area contributed by atoms with E-state index in [0.29, 0.717) is 33.5 Å². The molecular formula is C23H19F3N6O3S. The van der Waals surface area contributed by atoms with E-state index in [-0.39, 0.29) is 37.1 Å². The van der Waals surface area contributed by atoms with E-state index in [1.54, 1.807) is 48.7 Å². The molecule has 0 atom stereocenters. The molecule has 2 heterocycles. The highest BCUT2D eigenvalue weighted by atomic mass is 32.1. The maximum absolute atomic E-state index is 12.7. The second-order valence-corrected chi connectivity index (χ2v) is 8.42. The third-order valence-electron chi connectivity index (χ3n) is 4.86. The number of nitrogens with one attached hydrogen (secondary N) is 3. The molecule has 0 aliphatic carbocycles. The van der Waals surface area contributed by atoms with Crippen molar-refractivity contribution in [1.29, 1.82) is 0 Å². The molecular weight excluding hydrogens is 497 g/mol. The Morgan fingerprint density at radius 1 is 0.972 bits per heavy atom. The molecule has 0 spiro atoms. The third kappa shape index (κ3) is 6.24. The first kappa shape index (κ1) is 24.9. The monoisotopic (exact) mass is 516 g/mol. The number of fused-ring (bicyclic) bond motifs is 1. The Labute approximate surface area is 206 Å². The number of carbonyl (C=O) groups excluding carboxylic acids is 3. The standard InChI is InChI=1S/C23H19F3N6O3S/c24-23(25,26)22-30-18(13-36-22)21(35)29-16-6-7-17-15(10-16)11-32(31-17)12-19(33)27-8-9-28-20(34)14-4-2-1-3-5-14/h1-7,10-11,13H,8-9,12H2,(H,27,33)(H,28,34)(H,29,35). The molecule has 4 rings (SSSR count). The molecule has 0 aliphatic heterocycles. The predicted octanol–water partition coefficient (Wildman–Crippen LogP) is 3.31. The smallest absolute Gasteiger partial charge is 0.353 e. The molecule has 4 aromatic rings. The van der Waals surface area contributed by atoms with E-state index in [1.807, 2.05) is 6.07 Å². The summed E-state index contributed by atoms with van der Waals surface area (Å²) in [5, 5.41) is 12.8. The summed E-state index contributed by atoms with van der Waals surface area (Å²) >= 11 is 0.345. The quantitative estimate of drug-likeness (QED) is 0.311. The minimum atomic E-state index is -4.61. The van der Waals surface area contributed by atoms with Crippen molar-refractivity contribution < 1.29 is 27.6 Å². The lowest BCUT2D eigenvalue weighted by Gasteiger charge is -2.07. The summed E-state index contributed by atoms with van der Waals surface area (Å²) in [6.07, 6.45) is -3.01. The molecule has 0 fully saturated rings. The van der Waals surface area contributed by atoms with E-state index < -0.39 is 17.1 Å². The highest BCUT2D eigenvalue weighted by molar-refractivity contribution is 7.10. The van der Waals surface area contributed by atoms with Crippen LogP contribution in [-0.4, -0.2) is 45.6 Å². The Morgan fingerprint density at radius 3 is 2.44 bits per heavy atom. The van der Waals surface area contributed by atoms with E-state index in [9.17, 15) is 27.6 Å². The van der Waals surface area contributed by atoms with E-state index in [1.165, 1.54) is 4.68 Å². The van der Waals surface area contributed by atoms with E-state index in [0.717, 1.165) is 5.38 Å². The average molecular weight is 517 g/mol. The maximum Gasteiger partial charge on any atom is 0.443 e. The number of alkyl halides is 3. The van der Waals surface area contributed by atoms with Gasteiger partial charge in [0.25, 0.3) is 11.8 Å². The molecule has 3 amide bonds. The van der Waals surface area contributed by atoms with Gasteiger partial charge in [0.1, 0.15) is 12.2 Å². The molecule has 2 aromatic heterocycles. The highest BCUT2D eigenvalue weighted by Crippen LogP contribution is 2.31. The predicted molar refractivity (Wildman–Crippen MR) is 127 cm³/mol. The third-order valence-corrected chi connectivity index (χ3v) is 5.75. The van der Waals surface area contributed by atoms with Crippen LogP contribution in [0.15, 0.2) is 60.1 Å². The van der Waals surface area contributed by atoms with Gasteiger partial charge in [-0.2, -0.15) is 18.3 Å². The van der Waals surface area contributed by atoms with Crippen LogP contribution in [-0.2, 0) is 17.5 Å². The maximum atomic E-state index is 12.7. The largest absolute Gasteiger partial charge is 0.443 e. The second-order valence-electron chi connectivity index (χ2n) is 7.56. The fourth-order valence-corrected chi connectivity index (χ4v) is 3.88. The van der Waals surface area contributed by atoms with Crippen molar-refractivity contribution in [2.24, 2.45) is 0 Å². The summed E-state index contributed by atoms with van der Waals surface area (Å²) in [4.78, 5) is 39.8. The van der Waals surface area contributed by atoms with Crippen LogP contribution in [0.2, 0.25) is 0 Å². The average Bonchev–Trinajstić information content (AvgIpc) is 3.49.